The number of hydrogen-bond donors (Lipinski definition) is 0. The number of pyridine rings is 2. The summed E-state index contributed by atoms with van der Waals surface area (Å²) in [5.74, 6) is 0. The Morgan fingerprint density at radius 1 is 0.259 bits per heavy atom. The second-order valence-corrected chi connectivity index (χ2v) is 14.1. The van der Waals surface area contributed by atoms with Crippen LogP contribution in [-0.4, -0.2) is 9.97 Å². The van der Waals surface area contributed by atoms with Gasteiger partial charge in [0.05, 0.1) is 22.6 Å². The first-order chi connectivity index (χ1) is 26.7. The molecule has 0 amide bonds. The molecule has 9 aromatic carbocycles. The number of para-hydroxylation sites is 1. The Labute approximate surface area is 312 Å². The summed E-state index contributed by atoms with van der Waals surface area (Å²) in [5, 5.41) is 13.5. The Bertz CT molecular complexity index is 3170. The molecule has 54 heavy (non-hydrogen) atoms. The van der Waals surface area contributed by atoms with E-state index < -0.39 is 0 Å². The molecule has 11 aromatic rings. The van der Waals surface area contributed by atoms with Gasteiger partial charge in [0.1, 0.15) is 0 Å². The molecule has 0 fully saturated rings. The van der Waals surface area contributed by atoms with Gasteiger partial charge >= 0.3 is 0 Å². The quantitative estimate of drug-likeness (QED) is 0.172. The molecule has 2 heteroatoms. The second kappa shape index (κ2) is 12.2. The molecule has 2 aromatic heterocycles. The predicted molar refractivity (Wildman–Crippen MR) is 229 cm³/mol. The summed E-state index contributed by atoms with van der Waals surface area (Å²) in [6.45, 7) is 0. The third-order valence-electron chi connectivity index (χ3n) is 11.0. The molecule has 0 radical (unpaired) electrons. The minimum Gasteiger partial charge on any atom is -0.248 e. The zero-order chi connectivity index (χ0) is 35.6. The minimum absolute atomic E-state index is 0.933. The summed E-state index contributed by atoms with van der Waals surface area (Å²) in [7, 11) is 0. The van der Waals surface area contributed by atoms with E-state index in [9.17, 15) is 0 Å². The van der Waals surface area contributed by atoms with Crippen molar-refractivity contribution in [3.05, 3.63) is 194 Å². The highest BCUT2D eigenvalue weighted by molar-refractivity contribution is 6.33. The van der Waals surface area contributed by atoms with E-state index in [0.29, 0.717) is 0 Å². The Morgan fingerprint density at radius 2 is 0.722 bits per heavy atom. The summed E-state index contributed by atoms with van der Waals surface area (Å²) in [6.07, 6.45) is 0. The fourth-order valence-corrected chi connectivity index (χ4v) is 8.34. The molecule has 0 aliphatic rings. The molecule has 0 saturated carbocycles. The molecule has 0 aliphatic heterocycles. The van der Waals surface area contributed by atoms with Crippen molar-refractivity contribution in [2.75, 3.05) is 0 Å². The topological polar surface area (TPSA) is 25.8 Å². The van der Waals surface area contributed by atoms with Gasteiger partial charge in [-0.05, 0) is 84.5 Å². The summed E-state index contributed by atoms with van der Waals surface area (Å²) < 4.78 is 0. The minimum atomic E-state index is 0.933. The first kappa shape index (κ1) is 30.5. The average Bonchev–Trinajstić information content (AvgIpc) is 3.25. The zero-order valence-corrected chi connectivity index (χ0v) is 29.4. The lowest BCUT2D eigenvalue weighted by Gasteiger charge is -2.16. The van der Waals surface area contributed by atoms with Gasteiger partial charge in [0.2, 0.25) is 0 Å². The van der Waals surface area contributed by atoms with Crippen LogP contribution in [-0.2, 0) is 0 Å². The van der Waals surface area contributed by atoms with Crippen molar-refractivity contribution in [3.8, 4) is 44.9 Å². The van der Waals surface area contributed by atoms with E-state index in [-0.39, 0.29) is 0 Å². The molecule has 0 N–H and O–H groups in total. The Hall–Kier alpha value is -7.16. The van der Waals surface area contributed by atoms with Crippen molar-refractivity contribution in [1.82, 2.24) is 9.97 Å². The van der Waals surface area contributed by atoms with E-state index >= 15 is 0 Å². The van der Waals surface area contributed by atoms with Crippen LogP contribution in [0.4, 0.5) is 0 Å². The molecule has 0 aliphatic carbocycles. The van der Waals surface area contributed by atoms with Crippen LogP contribution >= 0.6 is 0 Å². The highest BCUT2D eigenvalue weighted by Crippen LogP contribution is 2.43. The molecule has 0 atom stereocenters. The van der Waals surface area contributed by atoms with Gasteiger partial charge in [0, 0.05) is 32.8 Å². The van der Waals surface area contributed by atoms with E-state index in [4.69, 9.17) is 9.97 Å². The van der Waals surface area contributed by atoms with Gasteiger partial charge in [0.15, 0.2) is 0 Å². The lowest BCUT2D eigenvalue weighted by atomic mass is 9.90. The smallest absolute Gasteiger partial charge is 0.0794 e. The number of rotatable bonds is 4. The maximum Gasteiger partial charge on any atom is 0.0794 e. The fourth-order valence-electron chi connectivity index (χ4n) is 8.34. The molecule has 0 saturated heterocycles. The van der Waals surface area contributed by atoms with Gasteiger partial charge in [0.25, 0.3) is 0 Å². The molecule has 2 heterocycles. The van der Waals surface area contributed by atoms with E-state index in [1.807, 2.05) is 0 Å². The molecular formula is C52H32N2. The van der Waals surface area contributed by atoms with E-state index in [1.54, 1.807) is 0 Å². The van der Waals surface area contributed by atoms with Gasteiger partial charge in [-0.15, -0.1) is 0 Å². The van der Waals surface area contributed by atoms with Gasteiger partial charge in [-0.1, -0.05) is 164 Å². The Kier molecular flexibility index (Phi) is 6.90. The fraction of sp³-hybridized carbons (Fsp3) is 0. The summed E-state index contributed by atoms with van der Waals surface area (Å²) in [4.78, 5) is 10.7. The second-order valence-electron chi connectivity index (χ2n) is 14.1. The van der Waals surface area contributed by atoms with Crippen molar-refractivity contribution in [2.24, 2.45) is 0 Å². The van der Waals surface area contributed by atoms with E-state index in [2.05, 4.69) is 194 Å². The van der Waals surface area contributed by atoms with E-state index in [1.165, 1.54) is 64.8 Å². The molecular weight excluding hydrogens is 653 g/mol. The Morgan fingerprint density at radius 3 is 1.39 bits per heavy atom. The van der Waals surface area contributed by atoms with E-state index in [0.717, 1.165) is 44.9 Å². The van der Waals surface area contributed by atoms with Crippen molar-refractivity contribution in [1.29, 1.82) is 0 Å². The largest absolute Gasteiger partial charge is 0.248 e. The van der Waals surface area contributed by atoms with Gasteiger partial charge in [-0.25, -0.2) is 9.97 Å². The van der Waals surface area contributed by atoms with Gasteiger partial charge in [-0.3, -0.25) is 0 Å². The lowest BCUT2D eigenvalue weighted by Crippen LogP contribution is -1.94. The molecule has 250 valence electrons. The lowest BCUT2D eigenvalue weighted by molar-refractivity contribution is 1.32. The molecule has 2 nitrogen and oxygen atoms in total. The molecule has 0 bridgehead atoms. The van der Waals surface area contributed by atoms with Crippen molar-refractivity contribution in [3.63, 3.8) is 0 Å². The highest BCUT2D eigenvalue weighted by atomic mass is 14.7. The van der Waals surface area contributed by atoms with Crippen LogP contribution in [0, 0.1) is 0 Å². The van der Waals surface area contributed by atoms with Gasteiger partial charge < -0.3 is 0 Å². The van der Waals surface area contributed by atoms with Crippen LogP contribution in [0.1, 0.15) is 0 Å². The maximum absolute atomic E-state index is 5.37. The predicted octanol–water partition coefficient (Wildman–Crippen LogP) is 14.1. The van der Waals surface area contributed by atoms with Crippen molar-refractivity contribution < 1.29 is 0 Å². The first-order valence-corrected chi connectivity index (χ1v) is 18.5. The van der Waals surface area contributed by atoms with Crippen molar-refractivity contribution in [2.45, 2.75) is 0 Å². The van der Waals surface area contributed by atoms with Crippen molar-refractivity contribution >= 4 is 64.8 Å². The molecule has 0 unspecified atom stereocenters. The van der Waals surface area contributed by atoms with Crippen LogP contribution in [0.25, 0.3) is 110 Å². The number of aromatic nitrogens is 2. The number of benzene rings is 9. The zero-order valence-electron chi connectivity index (χ0n) is 29.4. The molecule has 11 rings (SSSR count). The Balaban J connectivity index is 1.11. The summed E-state index contributed by atoms with van der Waals surface area (Å²) in [6, 6.07) is 69.8. The van der Waals surface area contributed by atoms with Gasteiger partial charge in [-0.2, -0.15) is 0 Å². The number of nitrogens with zero attached hydrogens (tertiary/aromatic N) is 2. The number of fused-ring (bicyclic) bond motifs is 10. The summed E-state index contributed by atoms with van der Waals surface area (Å²) >= 11 is 0. The van der Waals surface area contributed by atoms with Crippen LogP contribution in [0.5, 0.6) is 0 Å². The average molecular weight is 685 g/mol. The molecule has 0 spiro atoms. The van der Waals surface area contributed by atoms with Crippen LogP contribution in [0.3, 0.4) is 0 Å². The van der Waals surface area contributed by atoms with Crippen LogP contribution in [0.15, 0.2) is 194 Å². The third-order valence-corrected chi connectivity index (χ3v) is 11.0. The number of hydrogen-bond acceptors (Lipinski definition) is 2. The van der Waals surface area contributed by atoms with Crippen LogP contribution in [0.2, 0.25) is 0 Å². The third kappa shape index (κ3) is 4.96. The maximum atomic E-state index is 5.37. The van der Waals surface area contributed by atoms with Crippen LogP contribution < -0.4 is 0 Å². The standard InChI is InChI=1S/C52H32N2/c1-3-13-37-29-39(27-21-33(37)11-1)41-31-48(53-49(32-41)40-28-22-34-12-2-4-14-38(34)30-40)35-23-25-36(26-24-35)52-51-45-18-8-6-16-43(45)42-15-5-7-17-44(42)50(51)46-19-9-10-20-47(46)54-52/h1-32H. The monoisotopic (exact) mass is 684 g/mol. The SMILES string of the molecule is c1ccc2cc(-c3cc(-c4ccc(-c5nc6ccccc6c6c7ccccc7c7ccccc7c56)cc4)nc(-c4ccc5ccccc5c4)c3)ccc2c1. The summed E-state index contributed by atoms with van der Waals surface area (Å²) in [5.41, 5.74) is 9.41. The normalized spacial score (nSPS) is 11.7. The highest BCUT2D eigenvalue weighted by Gasteiger charge is 2.18. The first-order valence-electron chi connectivity index (χ1n) is 18.5.